The van der Waals surface area contributed by atoms with Crippen LogP contribution in [0, 0.1) is 0 Å². The van der Waals surface area contributed by atoms with Gasteiger partial charge in [0.1, 0.15) is 5.75 Å². The highest BCUT2D eigenvalue weighted by Gasteiger charge is 2.22. The second-order valence-corrected chi connectivity index (χ2v) is 4.78. The molecule has 90 valence electrons. The molecule has 0 aliphatic heterocycles. The van der Waals surface area contributed by atoms with E-state index in [1.807, 2.05) is 18.2 Å². The third-order valence-corrected chi connectivity index (χ3v) is 2.92. The van der Waals surface area contributed by atoms with Crippen molar-refractivity contribution >= 4 is 0 Å². The Kier molecular flexibility index (Phi) is 4.81. The normalized spacial score (nSPS) is 11.7. The maximum atomic E-state index is 9.81. The summed E-state index contributed by atoms with van der Waals surface area (Å²) in [5, 5.41) is 13.3. The summed E-state index contributed by atoms with van der Waals surface area (Å²) < 4.78 is 0. The first kappa shape index (κ1) is 13.0. The monoisotopic (exact) mass is 221 g/mol. The number of unbranched alkanes of at least 4 members (excludes halogenated alkanes) is 2. The van der Waals surface area contributed by atoms with Gasteiger partial charge in [-0.25, -0.2) is 0 Å². The standard InChI is InChI=1S/C14H23NO/c1-4-5-8-11-15-14(2,3)12-9-6-7-10-13(12)16/h6-7,9-10,15-16H,4-5,8,11H2,1-3H3. The fraction of sp³-hybridized carbons (Fsp3) is 0.571. The van der Waals surface area contributed by atoms with Crippen molar-refractivity contribution in [1.29, 1.82) is 0 Å². The molecule has 2 N–H and O–H groups in total. The summed E-state index contributed by atoms with van der Waals surface area (Å²) in [4.78, 5) is 0. The van der Waals surface area contributed by atoms with Crippen LogP contribution in [-0.2, 0) is 5.54 Å². The van der Waals surface area contributed by atoms with Crippen molar-refractivity contribution in [3.05, 3.63) is 29.8 Å². The molecule has 1 aromatic rings. The Hall–Kier alpha value is -1.02. The Balaban J connectivity index is 2.59. The second kappa shape index (κ2) is 5.90. The number of nitrogens with one attached hydrogen (secondary N) is 1. The lowest BCUT2D eigenvalue weighted by Gasteiger charge is -2.27. The molecule has 0 fully saturated rings. The summed E-state index contributed by atoms with van der Waals surface area (Å²) in [5.41, 5.74) is 0.797. The zero-order valence-corrected chi connectivity index (χ0v) is 10.6. The largest absolute Gasteiger partial charge is 0.508 e. The molecule has 0 radical (unpaired) electrons. The molecular weight excluding hydrogens is 198 g/mol. The van der Waals surface area contributed by atoms with E-state index in [2.05, 4.69) is 26.1 Å². The van der Waals surface area contributed by atoms with Crippen LogP contribution in [0.25, 0.3) is 0 Å². The highest BCUT2D eigenvalue weighted by Crippen LogP contribution is 2.28. The lowest BCUT2D eigenvalue weighted by atomic mass is 9.93. The SMILES string of the molecule is CCCCCNC(C)(C)c1ccccc1O. The number of phenolic OH excluding ortho intramolecular Hbond substituents is 1. The van der Waals surface area contributed by atoms with E-state index in [9.17, 15) is 5.11 Å². The van der Waals surface area contributed by atoms with E-state index < -0.39 is 0 Å². The number of hydrogen-bond donors (Lipinski definition) is 2. The Bertz CT molecular complexity index is 320. The molecule has 0 atom stereocenters. The van der Waals surface area contributed by atoms with Crippen molar-refractivity contribution in [3.8, 4) is 5.75 Å². The molecule has 2 nitrogen and oxygen atoms in total. The Labute approximate surface area is 98.7 Å². The quantitative estimate of drug-likeness (QED) is 0.721. The van der Waals surface area contributed by atoms with Crippen LogP contribution < -0.4 is 5.32 Å². The van der Waals surface area contributed by atoms with Crippen molar-refractivity contribution in [2.24, 2.45) is 0 Å². The van der Waals surface area contributed by atoms with Gasteiger partial charge in [-0.15, -0.1) is 0 Å². The number of aromatic hydroxyl groups is 1. The molecule has 0 spiro atoms. The average molecular weight is 221 g/mol. The molecule has 0 aliphatic carbocycles. The summed E-state index contributed by atoms with van der Waals surface area (Å²) in [6, 6.07) is 7.53. The summed E-state index contributed by atoms with van der Waals surface area (Å²) in [7, 11) is 0. The van der Waals surface area contributed by atoms with Crippen LogP contribution in [0.4, 0.5) is 0 Å². The molecule has 1 aromatic carbocycles. The van der Waals surface area contributed by atoms with Crippen LogP contribution in [-0.4, -0.2) is 11.7 Å². The number of hydrogen-bond acceptors (Lipinski definition) is 2. The van der Waals surface area contributed by atoms with Gasteiger partial charge in [0.25, 0.3) is 0 Å². The van der Waals surface area contributed by atoms with Crippen molar-refractivity contribution < 1.29 is 5.11 Å². The molecular formula is C14H23NO. The number of phenols is 1. The predicted octanol–water partition coefficient (Wildman–Crippen LogP) is 3.41. The van der Waals surface area contributed by atoms with Gasteiger partial charge in [0, 0.05) is 11.1 Å². The molecule has 0 heterocycles. The lowest BCUT2D eigenvalue weighted by Crippen LogP contribution is -2.37. The third kappa shape index (κ3) is 3.53. The first-order chi connectivity index (χ1) is 7.58. The summed E-state index contributed by atoms with van der Waals surface area (Å²) in [6.07, 6.45) is 3.68. The minimum absolute atomic E-state index is 0.168. The first-order valence-electron chi connectivity index (χ1n) is 6.11. The van der Waals surface area contributed by atoms with Crippen molar-refractivity contribution in [3.63, 3.8) is 0 Å². The number of para-hydroxylation sites is 1. The average Bonchev–Trinajstić information content (AvgIpc) is 2.25. The van der Waals surface area contributed by atoms with E-state index in [0.29, 0.717) is 5.75 Å². The van der Waals surface area contributed by atoms with E-state index in [0.717, 1.165) is 12.1 Å². The molecule has 1 rings (SSSR count). The van der Waals surface area contributed by atoms with Crippen molar-refractivity contribution in [2.75, 3.05) is 6.54 Å². The van der Waals surface area contributed by atoms with Crippen molar-refractivity contribution in [1.82, 2.24) is 5.32 Å². The fourth-order valence-electron chi connectivity index (χ4n) is 1.87. The third-order valence-electron chi connectivity index (χ3n) is 2.92. The van der Waals surface area contributed by atoms with E-state index in [4.69, 9.17) is 0 Å². The highest BCUT2D eigenvalue weighted by molar-refractivity contribution is 5.36. The van der Waals surface area contributed by atoms with Crippen LogP contribution >= 0.6 is 0 Å². The highest BCUT2D eigenvalue weighted by atomic mass is 16.3. The number of rotatable bonds is 6. The molecule has 0 aliphatic rings. The van der Waals surface area contributed by atoms with Crippen LogP contribution in [0.15, 0.2) is 24.3 Å². The minimum atomic E-state index is -0.168. The molecule has 0 unspecified atom stereocenters. The van der Waals surface area contributed by atoms with Gasteiger partial charge < -0.3 is 10.4 Å². The lowest BCUT2D eigenvalue weighted by molar-refractivity contribution is 0.372. The minimum Gasteiger partial charge on any atom is -0.508 e. The Morgan fingerprint density at radius 1 is 1.19 bits per heavy atom. The predicted molar refractivity (Wildman–Crippen MR) is 68.7 cm³/mol. The van der Waals surface area contributed by atoms with Gasteiger partial charge in [-0.2, -0.15) is 0 Å². The van der Waals surface area contributed by atoms with Gasteiger partial charge in [0.05, 0.1) is 0 Å². The van der Waals surface area contributed by atoms with Gasteiger partial charge in [0.15, 0.2) is 0 Å². The second-order valence-electron chi connectivity index (χ2n) is 4.78. The first-order valence-corrected chi connectivity index (χ1v) is 6.11. The van der Waals surface area contributed by atoms with Crippen LogP contribution in [0.3, 0.4) is 0 Å². The summed E-state index contributed by atoms with van der Waals surface area (Å²) in [5.74, 6) is 0.371. The number of benzene rings is 1. The molecule has 16 heavy (non-hydrogen) atoms. The van der Waals surface area contributed by atoms with Gasteiger partial charge in [-0.05, 0) is 32.9 Å². The zero-order chi connectivity index (χ0) is 12.0. The van der Waals surface area contributed by atoms with E-state index in [1.54, 1.807) is 6.07 Å². The molecule has 0 bridgehead atoms. The topological polar surface area (TPSA) is 32.3 Å². The van der Waals surface area contributed by atoms with Gasteiger partial charge in [0.2, 0.25) is 0 Å². The van der Waals surface area contributed by atoms with E-state index in [1.165, 1.54) is 19.3 Å². The Morgan fingerprint density at radius 2 is 1.88 bits per heavy atom. The smallest absolute Gasteiger partial charge is 0.120 e. The maximum Gasteiger partial charge on any atom is 0.120 e. The molecule has 0 saturated heterocycles. The summed E-state index contributed by atoms with van der Waals surface area (Å²) in [6.45, 7) is 7.41. The molecule has 0 saturated carbocycles. The fourth-order valence-corrected chi connectivity index (χ4v) is 1.87. The molecule has 2 heteroatoms. The van der Waals surface area contributed by atoms with Gasteiger partial charge in [-0.3, -0.25) is 0 Å². The van der Waals surface area contributed by atoms with E-state index in [-0.39, 0.29) is 5.54 Å². The molecule has 0 amide bonds. The van der Waals surface area contributed by atoms with Gasteiger partial charge in [-0.1, -0.05) is 38.0 Å². The molecule has 0 aromatic heterocycles. The van der Waals surface area contributed by atoms with Gasteiger partial charge >= 0.3 is 0 Å². The Morgan fingerprint density at radius 3 is 2.50 bits per heavy atom. The van der Waals surface area contributed by atoms with Crippen molar-refractivity contribution in [2.45, 2.75) is 45.6 Å². The van der Waals surface area contributed by atoms with Crippen LogP contribution in [0.1, 0.15) is 45.6 Å². The maximum absolute atomic E-state index is 9.81. The zero-order valence-electron chi connectivity index (χ0n) is 10.6. The van der Waals surface area contributed by atoms with Crippen LogP contribution in [0.2, 0.25) is 0 Å². The van der Waals surface area contributed by atoms with E-state index >= 15 is 0 Å². The summed E-state index contributed by atoms with van der Waals surface area (Å²) >= 11 is 0. The van der Waals surface area contributed by atoms with Crippen LogP contribution in [0.5, 0.6) is 5.75 Å².